The third kappa shape index (κ3) is 3.83. The fourth-order valence-corrected chi connectivity index (χ4v) is 2.94. The molecule has 18 heavy (non-hydrogen) atoms. The Morgan fingerprint density at radius 3 is 2.67 bits per heavy atom. The van der Waals surface area contributed by atoms with Crippen LogP contribution in [0.5, 0.6) is 0 Å². The van der Waals surface area contributed by atoms with Crippen molar-refractivity contribution in [1.29, 1.82) is 0 Å². The van der Waals surface area contributed by atoms with E-state index in [0.717, 1.165) is 33.7 Å². The molecule has 0 atom stereocenters. The van der Waals surface area contributed by atoms with Crippen molar-refractivity contribution in [2.75, 3.05) is 6.54 Å². The average Bonchev–Trinajstić information content (AvgIpc) is 2.85. The van der Waals surface area contributed by atoms with Crippen LogP contribution in [0.1, 0.15) is 30.8 Å². The molecule has 0 saturated heterocycles. The van der Waals surface area contributed by atoms with E-state index in [2.05, 4.69) is 41.3 Å². The number of aryl methyl sites for hydroxylation is 1. The fourth-order valence-electron chi connectivity index (χ4n) is 1.46. The molecule has 0 bridgehead atoms. The van der Waals surface area contributed by atoms with E-state index < -0.39 is 0 Å². The minimum atomic E-state index is 0.152. The molecule has 0 saturated carbocycles. The fraction of sp³-hybridized carbons (Fsp3) is 0.583. The predicted molar refractivity (Wildman–Crippen MR) is 77.2 cm³/mol. The second kappa shape index (κ2) is 5.42. The van der Waals surface area contributed by atoms with E-state index in [4.69, 9.17) is 0 Å². The molecule has 0 radical (unpaired) electrons. The van der Waals surface area contributed by atoms with Crippen LogP contribution in [0, 0.1) is 6.92 Å². The van der Waals surface area contributed by atoms with Gasteiger partial charge in [-0.2, -0.15) is 0 Å². The summed E-state index contributed by atoms with van der Waals surface area (Å²) in [5.74, 6) is 0. The molecule has 0 fully saturated rings. The summed E-state index contributed by atoms with van der Waals surface area (Å²) in [5.41, 5.74) is 1.10. The van der Waals surface area contributed by atoms with Crippen LogP contribution in [0.25, 0.3) is 10.7 Å². The van der Waals surface area contributed by atoms with Gasteiger partial charge in [0.05, 0.1) is 5.01 Å². The van der Waals surface area contributed by atoms with Gasteiger partial charge in [0.25, 0.3) is 0 Å². The van der Waals surface area contributed by atoms with Crippen LogP contribution in [-0.2, 0) is 6.42 Å². The third-order valence-electron chi connectivity index (χ3n) is 2.30. The highest BCUT2D eigenvalue weighted by Gasteiger charge is 2.11. The van der Waals surface area contributed by atoms with E-state index in [1.165, 1.54) is 0 Å². The van der Waals surface area contributed by atoms with Gasteiger partial charge < -0.3 is 5.32 Å². The lowest BCUT2D eigenvalue weighted by Crippen LogP contribution is -2.37. The Balaban J connectivity index is 1.94. The minimum Gasteiger partial charge on any atom is -0.312 e. The first kappa shape index (κ1) is 13.6. The molecule has 1 N–H and O–H groups in total. The van der Waals surface area contributed by atoms with Crippen molar-refractivity contribution < 1.29 is 0 Å². The zero-order valence-electron chi connectivity index (χ0n) is 11.1. The zero-order chi connectivity index (χ0) is 13.2. The molecule has 4 nitrogen and oxygen atoms in total. The highest BCUT2D eigenvalue weighted by atomic mass is 32.1. The number of nitrogens with zero attached hydrogens (tertiary/aromatic N) is 3. The van der Waals surface area contributed by atoms with E-state index in [1.807, 2.05) is 12.3 Å². The van der Waals surface area contributed by atoms with Gasteiger partial charge in [0.15, 0.2) is 5.01 Å². The molecule has 0 spiro atoms. The monoisotopic (exact) mass is 282 g/mol. The molecule has 0 unspecified atom stereocenters. The zero-order valence-corrected chi connectivity index (χ0v) is 12.8. The maximum atomic E-state index is 4.42. The number of nitrogens with one attached hydrogen (secondary N) is 1. The summed E-state index contributed by atoms with van der Waals surface area (Å²) < 4.78 is 0. The van der Waals surface area contributed by atoms with Gasteiger partial charge in [-0.1, -0.05) is 11.3 Å². The number of rotatable bonds is 4. The summed E-state index contributed by atoms with van der Waals surface area (Å²) >= 11 is 3.28. The van der Waals surface area contributed by atoms with Crippen LogP contribution in [0.4, 0.5) is 0 Å². The highest BCUT2D eigenvalue weighted by molar-refractivity contribution is 7.15. The normalized spacial score (nSPS) is 12.0. The largest absolute Gasteiger partial charge is 0.312 e. The number of hydrogen-bond acceptors (Lipinski definition) is 6. The second-order valence-corrected chi connectivity index (χ2v) is 7.30. The van der Waals surface area contributed by atoms with Crippen molar-refractivity contribution in [1.82, 2.24) is 20.5 Å². The maximum absolute atomic E-state index is 4.42. The number of hydrogen-bond donors (Lipinski definition) is 1. The standard InChI is InChI=1S/C12H18N4S2/c1-8-14-9(7-17-8)11-16-15-10(18-11)5-6-13-12(2,3)4/h7,13H,5-6H2,1-4H3. The first-order chi connectivity index (χ1) is 8.44. The Labute approximate surface area is 116 Å². The quantitative estimate of drug-likeness (QED) is 0.937. The summed E-state index contributed by atoms with van der Waals surface area (Å²) in [6.45, 7) is 9.42. The van der Waals surface area contributed by atoms with Crippen LogP contribution in [0.2, 0.25) is 0 Å². The molecule has 2 aromatic rings. The van der Waals surface area contributed by atoms with Crippen LogP contribution < -0.4 is 5.32 Å². The Hall–Kier alpha value is -0.850. The van der Waals surface area contributed by atoms with Crippen molar-refractivity contribution in [3.63, 3.8) is 0 Å². The van der Waals surface area contributed by atoms with Crippen molar-refractivity contribution in [2.24, 2.45) is 0 Å². The average molecular weight is 282 g/mol. The Bertz CT molecular complexity index is 510. The van der Waals surface area contributed by atoms with Crippen molar-refractivity contribution in [2.45, 2.75) is 39.7 Å². The summed E-state index contributed by atoms with van der Waals surface area (Å²) in [5, 5.41) is 16.9. The molecular weight excluding hydrogens is 264 g/mol. The van der Waals surface area contributed by atoms with Crippen molar-refractivity contribution >= 4 is 22.7 Å². The van der Waals surface area contributed by atoms with Crippen LogP contribution >= 0.6 is 22.7 Å². The first-order valence-electron chi connectivity index (χ1n) is 5.94. The smallest absolute Gasteiger partial charge is 0.167 e. The van der Waals surface area contributed by atoms with Crippen LogP contribution in [-0.4, -0.2) is 27.3 Å². The Morgan fingerprint density at radius 1 is 1.28 bits per heavy atom. The second-order valence-electron chi connectivity index (χ2n) is 5.18. The SMILES string of the molecule is Cc1nc(-c2nnc(CCNC(C)(C)C)s2)cs1. The van der Waals surface area contributed by atoms with Gasteiger partial charge >= 0.3 is 0 Å². The van der Waals surface area contributed by atoms with E-state index in [-0.39, 0.29) is 5.54 Å². The van der Waals surface area contributed by atoms with E-state index in [9.17, 15) is 0 Å². The van der Waals surface area contributed by atoms with Gasteiger partial charge in [0.2, 0.25) is 0 Å². The summed E-state index contributed by atoms with van der Waals surface area (Å²) in [6, 6.07) is 0. The highest BCUT2D eigenvalue weighted by Crippen LogP contribution is 2.24. The van der Waals surface area contributed by atoms with Gasteiger partial charge in [-0.05, 0) is 27.7 Å². The molecule has 2 rings (SSSR count). The Kier molecular flexibility index (Phi) is 4.09. The third-order valence-corrected chi connectivity index (χ3v) is 4.08. The minimum absolute atomic E-state index is 0.152. The molecule has 2 aromatic heterocycles. The van der Waals surface area contributed by atoms with Crippen molar-refractivity contribution in [3.8, 4) is 10.7 Å². The van der Waals surface area contributed by atoms with Gasteiger partial charge in [0.1, 0.15) is 10.7 Å². The van der Waals surface area contributed by atoms with Gasteiger partial charge in [-0.15, -0.1) is 21.5 Å². The summed E-state index contributed by atoms with van der Waals surface area (Å²) in [6.07, 6.45) is 0.915. The molecule has 0 amide bonds. The topological polar surface area (TPSA) is 50.7 Å². The predicted octanol–water partition coefficient (Wildman–Crippen LogP) is 2.90. The van der Waals surface area contributed by atoms with Crippen LogP contribution in [0.3, 0.4) is 0 Å². The molecule has 0 aliphatic carbocycles. The van der Waals surface area contributed by atoms with Gasteiger partial charge in [-0.3, -0.25) is 0 Å². The maximum Gasteiger partial charge on any atom is 0.167 e. The Morgan fingerprint density at radius 2 is 2.06 bits per heavy atom. The lowest BCUT2D eigenvalue weighted by Gasteiger charge is -2.19. The molecule has 0 aromatic carbocycles. The summed E-state index contributed by atoms with van der Waals surface area (Å²) in [4.78, 5) is 4.42. The number of aromatic nitrogens is 3. The molecule has 0 aliphatic rings. The van der Waals surface area contributed by atoms with Gasteiger partial charge in [0, 0.05) is 23.9 Å². The van der Waals surface area contributed by atoms with Crippen molar-refractivity contribution in [3.05, 3.63) is 15.4 Å². The molecular formula is C12H18N4S2. The van der Waals surface area contributed by atoms with Gasteiger partial charge in [-0.25, -0.2) is 4.98 Å². The van der Waals surface area contributed by atoms with E-state index >= 15 is 0 Å². The molecule has 98 valence electrons. The number of thiazole rings is 1. The van der Waals surface area contributed by atoms with Crippen LogP contribution in [0.15, 0.2) is 5.38 Å². The lowest BCUT2D eigenvalue weighted by molar-refractivity contribution is 0.429. The lowest BCUT2D eigenvalue weighted by atomic mass is 10.1. The first-order valence-corrected chi connectivity index (χ1v) is 7.63. The molecule has 0 aliphatic heterocycles. The summed E-state index contributed by atoms with van der Waals surface area (Å²) in [7, 11) is 0. The van der Waals surface area contributed by atoms with E-state index in [1.54, 1.807) is 22.7 Å². The van der Waals surface area contributed by atoms with E-state index in [0.29, 0.717) is 0 Å². The molecule has 2 heterocycles. The molecule has 6 heteroatoms.